The molecule has 0 saturated carbocycles. The van der Waals surface area contributed by atoms with Crippen LogP contribution in [0.3, 0.4) is 0 Å². The number of carbonyl (C=O) groups is 1. The quantitative estimate of drug-likeness (QED) is 0.718. The number of halogens is 1. The Morgan fingerprint density at radius 2 is 1.89 bits per heavy atom. The summed E-state index contributed by atoms with van der Waals surface area (Å²) in [6.07, 6.45) is 4.38. The number of aromatic nitrogens is 2. The van der Waals surface area contributed by atoms with E-state index in [9.17, 15) is 9.18 Å². The Bertz CT molecular complexity index is 860. The highest BCUT2D eigenvalue weighted by molar-refractivity contribution is 5.74. The molecular weight excluding hydrogens is 343 g/mol. The molecule has 6 heteroatoms. The number of urea groups is 1. The van der Waals surface area contributed by atoms with Gasteiger partial charge in [-0.3, -0.25) is 0 Å². The molecule has 1 heterocycles. The third-order valence-electron chi connectivity index (χ3n) is 4.65. The number of hydrogen-bond acceptors (Lipinski definition) is 2. The van der Waals surface area contributed by atoms with Gasteiger partial charge in [-0.25, -0.2) is 13.9 Å². The Morgan fingerprint density at radius 3 is 2.52 bits per heavy atom. The van der Waals surface area contributed by atoms with Crippen LogP contribution in [0.15, 0.2) is 67.0 Å². The predicted molar refractivity (Wildman–Crippen MR) is 103 cm³/mol. The van der Waals surface area contributed by atoms with Crippen LogP contribution < -0.4 is 5.32 Å². The van der Waals surface area contributed by atoms with Gasteiger partial charge in [-0.1, -0.05) is 24.3 Å². The third kappa shape index (κ3) is 4.73. The monoisotopic (exact) mass is 366 g/mol. The summed E-state index contributed by atoms with van der Waals surface area (Å²) in [4.78, 5) is 14.0. The van der Waals surface area contributed by atoms with E-state index in [1.54, 1.807) is 35.0 Å². The largest absolute Gasteiger partial charge is 0.338 e. The molecule has 27 heavy (non-hydrogen) atoms. The first-order valence-electron chi connectivity index (χ1n) is 8.89. The molecule has 3 aromatic rings. The third-order valence-corrected chi connectivity index (χ3v) is 4.65. The molecule has 1 aromatic heterocycles. The lowest BCUT2D eigenvalue weighted by atomic mass is 10.1. The van der Waals surface area contributed by atoms with Crippen LogP contribution in [0.1, 0.15) is 24.1 Å². The Morgan fingerprint density at radius 1 is 1.19 bits per heavy atom. The number of nitrogens with zero attached hydrogens (tertiary/aromatic N) is 3. The first kappa shape index (κ1) is 18.6. The highest BCUT2D eigenvalue weighted by Gasteiger charge is 2.16. The van der Waals surface area contributed by atoms with Gasteiger partial charge in [-0.15, -0.1) is 0 Å². The van der Waals surface area contributed by atoms with Gasteiger partial charge in [0.15, 0.2) is 0 Å². The van der Waals surface area contributed by atoms with Gasteiger partial charge >= 0.3 is 6.03 Å². The standard InChI is InChI=1S/C21H23FN4O/c1-16(18-6-8-19(22)9-7-18)25(2)21(27)23-14-12-17-4-10-20(11-5-17)26-15-3-13-24-26/h3-11,13,15-16H,12,14H2,1-2H3,(H,23,27). The zero-order chi connectivity index (χ0) is 19.2. The smallest absolute Gasteiger partial charge is 0.317 e. The second-order valence-corrected chi connectivity index (χ2v) is 6.44. The van der Waals surface area contributed by atoms with Gasteiger partial charge in [0.1, 0.15) is 5.82 Å². The van der Waals surface area contributed by atoms with E-state index in [-0.39, 0.29) is 17.9 Å². The van der Waals surface area contributed by atoms with Crippen molar-refractivity contribution in [1.82, 2.24) is 20.0 Å². The summed E-state index contributed by atoms with van der Waals surface area (Å²) in [6.45, 7) is 2.46. The lowest BCUT2D eigenvalue weighted by Gasteiger charge is -2.25. The summed E-state index contributed by atoms with van der Waals surface area (Å²) in [5.41, 5.74) is 3.03. The summed E-state index contributed by atoms with van der Waals surface area (Å²) in [7, 11) is 1.74. The van der Waals surface area contributed by atoms with Crippen LogP contribution in [-0.4, -0.2) is 34.3 Å². The molecule has 0 fully saturated rings. The number of nitrogens with one attached hydrogen (secondary N) is 1. The van der Waals surface area contributed by atoms with E-state index >= 15 is 0 Å². The molecule has 0 aliphatic rings. The average Bonchev–Trinajstić information content (AvgIpc) is 3.22. The van der Waals surface area contributed by atoms with Gasteiger partial charge in [0.2, 0.25) is 0 Å². The lowest BCUT2D eigenvalue weighted by molar-refractivity contribution is 0.194. The second kappa shape index (κ2) is 8.49. The number of rotatable bonds is 6. The molecule has 0 bridgehead atoms. The minimum atomic E-state index is -0.281. The van der Waals surface area contributed by atoms with Gasteiger partial charge in [0.25, 0.3) is 0 Å². The maximum absolute atomic E-state index is 13.0. The maximum Gasteiger partial charge on any atom is 0.317 e. The van der Waals surface area contributed by atoms with Crippen molar-refractivity contribution in [3.05, 3.63) is 83.9 Å². The van der Waals surface area contributed by atoms with Gasteiger partial charge in [-0.2, -0.15) is 5.10 Å². The zero-order valence-electron chi connectivity index (χ0n) is 15.5. The number of benzene rings is 2. The molecule has 0 aliphatic heterocycles. The van der Waals surface area contributed by atoms with E-state index in [0.717, 1.165) is 23.2 Å². The van der Waals surface area contributed by atoms with Crippen molar-refractivity contribution in [2.24, 2.45) is 0 Å². The summed E-state index contributed by atoms with van der Waals surface area (Å²) in [5.74, 6) is -0.281. The first-order valence-corrected chi connectivity index (χ1v) is 8.89. The topological polar surface area (TPSA) is 50.2 Å². The van der Waals surface area contributed by atoms with E-state index in [4.69, 9.17) is 0 Å². The Hall–Kier alpha value is -3.15. The molecule has 0 aliphatic carbocycles. The van der Waals surface area contributed by atoms with Gasteiger partial charge < -0.3 is 10.2 Å². The molecule has 3 rings (SSSR count). The Balaban J connectivity index is 1.49. The van der Waals surface area contributed by atoms with Crippen LogP contribution in [0, 0.1) is 5.82 Å². The summed E-state index contributed by atoms with van der Waals surface area (Å²) in [6, 6.07) is 15.9. The van der Waals surface area contributed by atoms with Crippen LogP contribution in [0.5, 0.6) is 0 Å². The molecule has 1 unspecified atom stereocenters. The van der Waals surface area contributed by atoms with Crippen LogP contribution in [-0.2, 0) is 6.42 Å². The fourth-order valence-corrected chi connectivity index (χ4v) is 2.82. The Labute approximate surface area is 158 Å². The molecule has 2 amide bonds. The molecule has 1 N–H and O–H groups in total. The molecule has 1 atom stereocenters. The van der Waals surface area contributed by atoms with E-state index < -0.39 is 0 Å². The highest BCUT2D eigenvalue weighted by atomic mass is 19.1. The molecule has 5 nitrogen and oxygen atoms in total. The molecule has 2 aromatic carbocycles. The predicted octanol–water partition coefficient (Wildman–Crippen LogP) is 3.96. The first-order chi connectivity index (χ1) is 13.0. The van der Waals surface area contributed by atoms with Crippen LogP contribution in [0.4, 0.5) is 9.18 Å². The summed E-state index contributed by atoms with van der Waals surface area (Å²) < 4.78 is 14.8. The van der Waals surface area contributed by atoms with E-state index in [2.05, 4.69) is 10.4 Å². The fourth-order valence-electron chi connectivity index (χ4n) is 2.82. The summed E-state index contributed by atoms with van der Waals surface area (Å²) in [5, 5.41) is 7.13. The van der Waals surface area contributed by atoms with Crippen molar-refractivity contribution >= 4 is 6.03 Å². The maximum atomic E-state index is 13.0. The number of amides is 2. The van der Waals surface area contributed by atoms with Crippen molar-refractivity contribution < 1.29 is 9.18 Å². The van der Waals surface area contributed by atoms with Crippen LogP contribution in [0.25, 0.3) is 5.69 Å². The normalized spacial score (nSPS) is 11.8. The number of hydrogen-bond donors (Lipinski definition) is 1. The Kier molecular flexibility index (Phi) is 5.86. The van der Waals surface area contributed by atoms with Crippen molar-refractivity contribution in [2.75, 3.05) is 13.6 Å². The minimum Gasteiger partial charge on any atom is -0.338 e. The van der Waals surface area contributed by atoms with Crippen LogP contribution >= 0.6 is 0 Å². The highest BCUT2D eigenvalue weighted by Crippen LogP contribution is 2.19. The fraction of sp³-hybridized carbons (Fsp3) is 0.238. The van der Waals surface area contributed by atoms with Crippen LogP contribution in [0.2, 0.25) is 0 Å². The van der Waals surface area contributed by atoms with E-state index in [1.165, 1.54) is 12.1 Å². The van der Waals surface area contributed by atoms with E-state index in [1.807, 2.05) is 43.5 Å². The molecule has 0 spiro atoms. The lowest BCUT2D eigenvalue weighted by Crippen LogP contribution is -2.39. The van der Waals surface area contributed by atoms with Crippen molar-refractivity contribution in [2.45, 2.75) is 19.4 Å². The van der Waals surface area contributed by atoms with Gasteiger partial charge in [0, 0.05) is 26.0 Å². The van der Waals surface area contributed by atoms with Crippen molar-refractivity contribution in [3.63, 3.8) is 0 Å². The van der Waals surface area contributed by atoms with Crippen molar-refractivity contribution in [3.8, 4) is 5.69 Å². The zero-order valence-corrected chi connectivity index (χ0v) is 15.5. The molecular formula is C21H23FN4O. The SMILES string of the molecule is CC(c1ccc(F)cc1)N(C)C(=O)NCCc1ccc(-n2cccn2)cc1. The van der Waals surface area contributed by atoms with Crippen molar-refractivity contribution in [1.29, 1.82) is 0 Å². The average molecular weight is 366 g/mol. The summed E-state index contributed by atoms with van der Waals surface area (Å²) >= 11 is 0. The molecule has 0 saturated heterocycles. The second-order valence-electron chi connectivity index (χ2n) is 6.44. The number of carbonyl (C=O) groups excluding carboxylic acids is 1. The van der Waals surface area contributed by atoms with Gasteiger partial charge in [-0.05, 0) is 54.8 Å². The molecule has 140 valence electrons. The minimum absolute atomic E-state index is 0.140. The van der Waals surface area contributed by atoms with Gasteiger partial charge in [0.05, 0.1) is 11.7 Å². The molecule has 0 radical (unpaired) electrons. The van der Waals surface area contributed by atoms with E-state index in [0.29, 0.717) is 6.54 Å².